The van der Waals surface area contributed by atoms with E-state index in [-0.39, 0.29) is 17.8 Å². The van der Waals surface area contributed by atoms with E-state index in [4.69, 9.17) is 0 Å². The second kappa shape index (κ2) is 9.63. The second-order valence-corrected chi connectivity index (χ2v) is 7.61. The van der Waals surface area contributed by atoms with Crippen LogP contribution >= 0.6 is 0 Å². The van der Waals surface area contributed by atoms with Crippen molar-refractivity contribution in [3.63, 3.8) is 0 Å². The minimum atomic E-state index is -0.701. The molecule has 2 nitrogen and oxygen atoms in total. The van der Waals surface area contributed by atoms with Gasteiger partial charge in [0.1, 0.15) is 5.82 Å². The van der Waals surface area contributed by atoms with Crippen molar-refractivity contribution in [1.82, 2.24) is 4.90 Å². The first-order valence-electron chi connectivity index (χ1n) is 9.80. The minimum absolute atomic E-state index is 0.106. The molecule has 2 atom stereocenters. The normalized spacial score (nSPS) is 13.6. The number of aliphatic hydroxyl groups excluding tert-OH is 1. The topological polar surface area (TPSA) is 23.5 Å². The molecular formula is C25H28FNO. The highest BCUT2D eigenvalue weighted by Crippen LogP contribution is 2.29. The second-order valence-electron chi connectivity index (χ2n) is 7.61. The Balaban J connectivity index is 1.92. The number of halogens is 1. The molecule has 0 saturated heterocycles. The Labute approximate surface area is 167 Å². The van der Waals surface area contributed by atoms with Crippen LogP contribution in [0.5, 0.6) is 0 Å². The van der Waals surface area contributed by atoms with E-state index in [1.54, 1.807) is 12.1 Å². The van der Waals surface area contributed by atoms with Gasteiger partial charge in [0.05, 0.1) is 6.10 Å². The molecule has 3 aromatic carbocycles. The lowest BCUT2D eigenvalue weighted by atomic mass is 9.91. The number of rotatable bonds is 8. The third kappa shape index (κ3) is 5.28. The van der Waals surface area contributed by atoms with Gasteiger partial charge in [-0.1, -0.05) is 86.6 Å². The zero-order chi connectivity index (χ0) is 19.9. The third-order valence-electron chi connectivity index (χ3n) is 5.10. The van der Waals surface area contributed by atoms with E-state index in [9.17, 15) is 9.50 Å². The molecule has 3 aromatic rings. The van der Waals surface area contributed by atoms with Crippen molar-refractivity contribution >= 4 is 0 Å². The Morgan fingerprint density at radius 3 is 1.64 bits per heavy atom. The fourth-order valence-corrected chi connectivity index (χ4v) is 3.75. The Morgan fingerprint density at radius 1 is 0.750 bits per heavy atom. The lowest BCUT2D eigenvalue weighted by Crippen LogP contribution is -2.42. The molecule has 0 aliphatic heterocycles. The molecule has 146 valence electrons. The first kappa shape index (κ1) is 20.2. The number of hydrogen-bond donors (Lipinski definition) is 1. The highest BCUT2D eigenvalue weighted by molar-refractivity contribution is 5.22. The molecule has 0 unspecified atom stereocenters. The maximum absolute atomic E-state index is 13.4. The van der Waals surface area contributed by atoms with Crippen LogP contribution in [0.15, 0.2) is 84.9 Å². The molecule has 0 fully saturated rings. The van der Waals surface area contributed by atoms with Crippen molar-refractivity contribution in [3.05, 3.63) is 107 Å². The smallest absolute Gasteiger partial charge is 0.123 e. The molecule has 0 bridgehead atoms. The maximum Gasteiger partial charge on any atom is 0.123 e. The van der Waals surface area contributed by atoms with Crippen molar-refractivity contribution in [2.45, 2.75) is 39.1 Å². The standard InChI is InChI=1S/C25H28FNO/c1-19(2)24(25(28)22-13-15-23(26)16-14-22)27(17-20-9-5-3-6-10-20)18-21-11-7-4-8-12-21/h3-16,19,24-25,28H,17-18H2,1-2H3/t24-,25+/m1/s1. The van der Waals surface area contributed by atoms with Crippen molar-refractivity contribution in [2.24, 2.45) is 5.92 Å². The molecule has 0 radical (unpaired) electrons. The first-order chi connectivity index (χ1) is 13.5. The van der Waals surface area contributed by atoms with Crippen LogP contribution in [0.4, 0.5) is 4.39 Å². The maximum atomic E-state index is 13.4. The van der Waals surface area contributed by atoms with E-state index in [2.05, 4.69) is 43.0 Å². The van der Waals surface area contributed by atoms with Gasteiger partial charge in [0.2, 0.25) is 0 Å². The molecular weight excluding hydrogens is 349 g/mol. The van der Waals surface area contributed by atoms with Gasteiger partial charge in [-0.05, 0) is 34.7 Å². The van der Waals surface area contributed by atoms with Crippen LogP contribution in [0.25, 0.3) is 0 Å². The van der Waals surface area contributed by atoms with Crippen molar-refractivity contribution < 1.29 is 9.50 Å². The largest absolute Gasteiger partial charge is 0.387 e. The van der Waals surface area contributed by atoms with Gasteiger partial charge in [-0.25, -0.2) is 4.39 Å². The minimum Gasteiger partial charge on any atom is -0.387 e. The summed E-state index contributed by atoms with van der Waals surface area (Å²) in [4.78, 5) is 2.32. The summed E-state index contributed by atoms with van der Waals surface area (Å²) < 4.78 is 13.4. The summed E-state index contributed by atoms with van der Waals surface area (Å²) in [6.07, 6.45) is -0.701. The Kier molecular flexibility index (Phi) is 6.96. The Hall–Kier alpha value is -2.49. The summed E-state index contributed by atoms with van der Waals surface area (Å²) in [5.41, 5.74) is 3.15. The average Bonchev–Trinajstić information content (AvgIpc) is 2.70. The number of benzene rings is 3. The van der Waals surface area contributed by atoms with Gasteiger partial charge in [-0.3, -0.25) is 4.90 Å². The Bertz CT molecular complexity index is 792. The number of hydrogen-bond acceptors (Lipinski definition) is 2. The number of nitrogens with zero attached hydrogens (tertiary/aromatic N) is 1. The van der Waals surface area contributed by atoms with Crippen LogP contribution in [0.2, 0.25) is 0 Å². The molecule has 0 aliphatic carbocycles. The van der Waals surface area contributed by atoms with Gasteiger partial charge in [0.25, 0.3) is 0 Å². The molecule has 0 heterocycles. The zero-order valence-corrected chi connectivity index (χ0v) is 16.5. The van der Waals surface area contributed by atoms with Crippen molar-refractivity contribution in [3.8, 4) is 0 Å². The van der Waals surface area contributed by atoms with E-state index in [0.29, 0.717) is 0 Å². The molecule has 1 N–H and O–H groups in total. The van der Waals surface area contributed by atoms with Gasteiger partial charge in [-0.2, -0.15) is 0 Å². The van der Waals surface area contributed by atoms with Crippen LogP contribution < -0.4 is 0 Å². The van der Waals surface area contributed by atoms with Crippen LogP contribution in [0, 0.1) is 11.7 Å². The van der Waals surface area contributed by atoms with Gasteiger partial charge < -0.3 is 5.11 Å². The molecule has 0 aliphatic rings. The molecule has 0 spiro atoms. The quantitative estimate of drug-likeness (QED) is 0.553. The van der Waals surface area contributed by atoms with Crippen molar-refractivity contribution in [2.75, 3.05) is 0 Å². The van der Waals surface area contributed by atoms with E-state index in [0.717, 1.165) is 18.7 Å². The van der Waals surface area contributed by atoms with Gasteiger partial charge in [0, 0.05) is 19.1 Å². The Morgan fingerprint density at radius 2 is 1.21 bits per heavy atom. The summed E-state index contributed by atoms with van der Waals surface area (Å²) in [7, 11) is 0. The average molecular weight is 378 g/mol. The zero-order valence-electron chi connectivity index (χ0n) is 16.5. The van der Waals surface area contributed by atoms with E-state index in [1.165, 1.54) is 23.3 Å². The van der Waals surface area contributed by atoms with E-state index >= 15 is 0 Å². The van der Waals surface area contributed by atoms with Gasteiger partial charge >= 0.3 is 0 Å². The lowest BCUT2D eigenvalue weighted by Gasteiger charge is -2.38. The molecule has 28 heavy (non-hydrogen) atoms. The molecule has 3 heteroatoms. The summed E-state index contributed by atoms with van der Waals surface area (Å²) >= 11 is 0. The van der Waals surface area contributed by atoms with Crippen LogP contribution in [-0.2, 0) is 13.1 Å². The summed E-state index contributed by atoms with van der Waals surface area (Å²) in [6.45, 7) is 5.72. The summed E-state index contributed by atoms with van der Waals surface area (Å²) in [5, 5.41) is 11.2. The first-order valence-corrected chi connectivity index (χ1v) is 9.80. The van der Waals surface area contributed by atoms with Gasteiger partial charge in [0.15, 0.2) is 0 Å². The summed E-state index contributed by atoms with van der Waals surface area (Å²) in [5.74, 6) is -0.0741. The van der Waals surface area contributed by atoms with Crippen LogP contribution in [0.3, 0.4) is 0 Å². The molecule has 0 amide bonds. The molecule has 0 aromatic heterocycles. The SMILES string of the molecule is CC(C)[C@H]([C@@H](O)c1ccc(F)cc1)N(Cc1ccccc1)Cc1ccccc1. The van der Waals surface area contributed by atoms with E-state index < -0.39 is 6.10 Å². The molecule has 3 rings (SSSR count). The highest BCUT2D eigenvalue weighted by atomic mass is 19.1. The summed E-state index contributed by atoms with van der Waals surface area (Å²) in [6, 6.07) is 26.7. The monoisotopic (exact) mass is 377 g/mol. The van der Waals surface area contributed by atoms with Crippen molar-refractivity contribution in [1.29, 1.82) is 0 Å². The fourth-order valence-electron chi connectivity index (χ4n) is 3.75. The predicted octanol–water partition coefficient (Wildman–Crippen LogP) is 5.59. The highest BCUT2D eigenvalue weighted by Gasteiger charge is 2.30. The number of aliphatic hydroxyl groups is 1. The molecule has 0 saturated carbocycles. The van der Waals surface area contributed by atoms with Gasteiger partial charge in [-0.15, -0.1) is 0 Å². The van der Waals surface area contributed by atoms with Crippen LogP contribution in [0.1, 0.15) is 36.6 Å². The van der Waals surface area contributed by atoms with Crippen LogP contribution in [-0.4, -0.2) is 16.0 Å². The van der Waals surface area contributed by atoms with E-state index in [1.807, 2.05) is 36.4 Å². The lowest BCUT2D eigenvalue weighted by molar-refractivity contribution is 0.0128. The third-order valence-corrected chi connectivity index (χ3v) is 5.10. The fraction of sp³-hybridized carbons (Fsp3) is 0.280. The predicted molar refractivity (Wildman–Crippen MR) is 112 cm³/mol.